The number of benzene rings is 1. The van der Waals surface area contributed by atoms with Crippen molar-refractivity contribution in [1.82, 2.24) is 5.32 Å². The predicted octanol–water partition coefficient (Wildman–Crippen LogP) is 1.68. The lowest BCUT2D eigenvalue weighted by atomic mass is 10.2. The van der Waals surface area contributed by atoms with E-state index in [0.717, 1.165) is 5.76 Å². The maximum absolute atomic E-state index is 9.77. The third kappa shape index (κ3) is 4.43. The Kier molecular flexibility index (Phi) is 5.18. The van der Waals surface area contributed by atoms with Gasteiger partial charge in [-0.05, 0) is 36.4 Å². The van der Waals surface area contributed by atoms with Crippen molar-refractivity contribution in [2.24, 2.45) is 0 Å². The van der Waals surface area contributed by atoms with Crippen molar-refractivity contribution in [1.29, 1.82) is 5.26 Å². The van der Waals surface area contributed by atoms with Crippen LogP contribution in [0.5, 0.6) is 5.75 Å². The highest BCUT2D eigenvalue weighted by atomic mass is 16.5. The normalized spacial score (nSPS) is 11.8. The first-order valence-electron chi connectivity index (χ1n) is 6.32. The standard InChI is InChI=1S/C15H16N2O3/c16-8-12-3-5-14(6-4-12)20-11-13(18)9-17-10-15-2-1-7-19-15/h1-7,13,17-18H,9-11H2. The van der Waals surface area contributed by atoms with Gasteiger partial charge in [-0.1, -0.05) is 0 Å². The zero-order valence-electron chi connectivity index (χ0n) is 11.0. The highest BCUT2D eigenvalue weighted by molar-refractivity contribution is 5.34. The van der Waals surface area contributed by atoms with E-state index in [0.29, 0.717) is 24.4 Å². The average Bonchev–Trinajstić information content (AvgIpc) is 2.99. The van der Waals surface area contributed by atoms with E-state index in [4.69, 9.17) is 14.4 Å². The van der Waals surface area contributed by atoms with Gasteiger partial charge in [-0.15, -0.1) is 0 Å². The highest BCUT2D eigenvalue weighted by Crippen LogP contribution is 2.11. The average molecular weight is 272 g/mol. The summed E-state index contributed by atoms with van der Waals surface area (Å²) in [5.74, 6) is 1.46. The van der Waals surface area contributed by atoms with Crippen LogP contribution in [0, 0.1) is 11.3 Å². The SMILES string of the molecule is N#Cc1ccc(OCC(O)CNCc2ccco2)cc1. The minimum atomic E-state index is -0.611. The van der Waals surface area contributed by atoms with Crippen molar-refractivity contribution in [3.63, 3.8) is 0 Å². The second-order valence-corrected chi connectivity index (χ2v) is 4.31. The summed E-state index contributed by atoms with van der Waals surface area (Å²) in [6.07, 6.45) is 1.00. The number of aliphatic hydroxyl groups is 1. The molecule has 1 heterocycles. The Labute approximate surface area is 117 Å². The second kappa shape index (κ2) is 7.34. The summed E-state index contributed by atoms with van der Waals surface area (Å²) in [5, 5.41) is 21.5. The number of rotatable bonds is 7. The van der Waals surface area contributed by atoms with Gasteiger partial charge in [0.2, 0.25) is 0 Å². The molecular formula is C15H16N2O3. The summed E-state index contributed by atoms with van der Waals surface area (Å²) >= 11 is 0. The molecule has 1 unspecified atom stereocenters. The van der Waals surface area contributed by atoms with Crippen molar-refractivity contribution in [3.8, 4) is 11.8 Å². The molecule has 1 atom stereocenters. The van der Waals surface area contributed by atoms with Gasteiger partial charge in [0.15, 0.2) is 0 Å². The van der Waals surface area contributed by atoms with Gasteiger partial charge in [-0.3, -0.25) is 0 Å². The zero-order chi connectivity index (χ0) is 14.2. The van der Waals surface area contributed by atoms with Gasteiger partial charge in [-0.2, -0.15) is 5.26 Å². The van der Waals surface area contributed by atoms with Crippen LogP contribution in [0.2, 0.25) is 0 Å². The number of aliphatic hydroxyl groups excluding tert-OH is 1. The summed E-state index contributed by atoms with van der Waals surface area (Å²) in [4.78, 5) is 0. The van der Waals surface area contributed by atoms with E-state index in [1.54, 1.807) is 30.5 Å². The summed E-state index contributed by atoms with van der Waals surface area (Å²) in [6.45, 7) is 1.18. The molecule has 5 nitrogen and oxygen atoms in total. The third-order valence-corrected chi connectivity index (χ3v) is 2.69. The Balaban J connectivity index is 1.66. The Bertz CT molecular complexity index is 543. The monoisotopic (exact) mass is 272 g/mol. The Hall–Kier alpha value is -2.29. The summed E-state index contributed by atoms with van der Waals surface area (Å²) in [7, 11) is 0. The van der Waals surface area contributed by atoms with E-state index >= 15 is 0 Å². The van der Waals surface area contributed by atoms with Crippen LogP contribution >= 0.6 is 0 Å². The van der Waals surface area contributed by atoms with Gasteiger partial charge in [0, 0.05) is 6.54 Å². The third-order valence-electron chi connectivity index (χ3n) is 2.69. The number of hydrogen-bond donors (Lipinski definition) is 2. The number of nitrogens with one attached hydrogen (secondary N) is 1. The van der Waals surface area contributed by atoms with E-state index in [1.165, 1.54) is 0 Å². The van der Waals surface area contributed by atoms with Crippen molar-refractivity contribution >= 4 is 0 Å². The maximum atomic E-state index is 9.77. The van der Waals surface area contributed by atoms with E-state index in [1.807, 2.05) is 18.2 Å². The molecule has 5 heteroatoms. The van der Waals surface area contributed by atoms with Crippen LogP contribution in [0.25, 0.3) is 0 Å². The number of ether oxygens (including phenoxy) is 1. The van der Waals surface area contributed by atoms with E-state index in [2.05, 4.69) is 5.32 Å². The molecule has 0 saturated carbocycles. The molecule has 0 aliphatic heterocycles. The molecule has 0 aliphatic rings. The van der Waals surface area contributed by atoms with Gasteiger partial charge < -0.3 is 19.6 Å². The van der Waals surface area contributed by atoms with Crippen LogP contribution < -0.4 is 10.1 Å². The first-order valence-corrected chi connectivity index (χ1v) is 6.32. The molecule has 2 aromatic rings. The molecular weight excluding hydrogens is 256 g/mol. The maximum Gasteiger partial charge on any atom is 0.119 e. The van der Waals surface area contributed by atoms with Crippen molar-refractivity contribution in [2.45, 2.75) is 12.6 Å². The van der Waals surface area contributed by atoms with Crippen molar-refractivity contribution in [2.75, 3.05) is 13.2 Å². The van der Waals surface area contributed by atoms with Gasteiger partial charge in [0.25, 0.3) is 0 Å². The second-order valence-electron chi connectivity index (χ2n) is 4.31. The molecule has 20 heavy (non-hydrogen) atoms. The first kappa shape index (κ1) is 14.1. The molecule has 0 fully saturated rings. The number of nitrogens with zero attached hydrogens (tertiary/aromatic N) is 1. The quantitative estimate of drug-likeness (QED) is 0.801. The fourth-order valence-electron chi connectivity index (χ4n) is 1.65. The summed E-state index contributed by atoms with van der Waals surface area (Å²) in [5.41, 5.74) is 0.581. The Morgan fingerprint density at radius 3 is 2.75 bits per heavy atom. The molecule has 0 radical (unpaired) electrons. The number of furan rings is 1. The van der Waals surface area contributed by atoms with E-state index in [-0.39, 0.29) is 6.61 Å². The molecule has 1 aromatic carbocycles. The zero-order valence-corrected chi connectivity index (χ0v) is 11.0. The fraction of sp³-hybridized carbons (Fsp3) is 0.267. The number of hydrogen-bond acceptors (Lipinski definition) is 5. The fourth-order valence-corrected chi connectivity index (χ4v) is 1.65. The van der Waals surface area contributed by atoms with Crippen molar-refractivity contribution < 1.29 is 14.3 Å². The lowest BCUT2D eigenvalue weighted by molar-refractivity contribution is 0.105. The summed E-state index contributed by atoms with van der Waals surface area (Å²) in [6, 6.07) is 12.5. The molecule has 0 saturated heterocycles. The number of nitriles is 1. The van der Waals surface area contributed by atoms with Crippen LogP contribution in [0.15, 0.2) is 47.1 Å². The largest absolute Gasteiger partial charge is 0.491 e. The van der Waals surface area contributed by atoms with Gasteiger partial charge >= 0.3 is 0 Å². The smallest absolute Gasteiger partial charge is 0.119 e. The Morgan fingerprint density at radius 1 is 1.30 bits per heavy atom. The lowest BCUT2D eigenvalue weighted by Gasteiger charge is -2.12. The molecule has 2 rings (SSSR count). The molecule has 0 spiro atoms. The molecule has 0 aliphatic carbocycles. The molecule has 0 amide bonds. The van der Waals surface area contributed by atoms with Gasteiger partial charge in [0.1, 0.15) is 24.2 Å². The van der Waals surface area contributed by atoms with E-state index in [9.17, 15) is 5.11 Å². The predicted molar refractivity (Wildman–Crippen MR) is 73.1 cm³/mol. The van der Waals surface area contributed by atoms with E-state index < -0.39 is 6.10 Å². The first-order chi connectivity index (χ1) is 9.78. The van der Waals surface area contributed by atoms with Crippen molar-refractivity contribution in [3.05, 3.63) is 54.0 Å². The molecule has 1 aromatic heterocycles. The van der Waals surface area contributed by atoms with Gasteiger partial charge in [-0.25, -0.2) is 0 Å². The minimum absolute atomic E-state index is 0.192. The van der Waals surface area contributed by atoms with Crippen LogP contribution in [-0.2, 0) is 6.54 Å². The Morgan fingerprint density at radius 2 is 2.10 bits per heavy atom. The van der Waals surface area contributed by atoms with Gasteiger partial charge in [0.05, 0.1) is 24.4 Å². The molecule has 104 valence electrons. The molecule has 0 bridgehead atoms. The van der Waals surface area contributed by atoms with Crippen LogP contribution in [0.1, 0.15) is 11.3 Å². The minimum Gasteiger partial charge on any atom is -0.491 e. The topological polar surface area (TPSA) is 78.4 Å². The molecule has 2 N–H and O–H groups in total. The lowest BCUT2D eigenvalue weighted by Crippen LogP contribution is -2.31. The summed E-state index contributed by atoms with van der Waals surface area (Å²) < 4.78 is 10.6. The van der Waals surface area contributed by atoms with Crippen LogP contribution in [0.4, 0.5) is 0 Å². The highest BCUT2D eigenvalue weighted by Gasteiger charge is 2.05. The van der Waals surface area contributed by atoms with Crippen LogP contribution in [0.3, 0.4) is 0 Å². The van der Waals surface area contributed by atoms with Crippen LogP contribution in [-0.4, -0.2) is 24.4 Å².